The van der Waals surface area contributed by atoms with Crippen molar-refractivity contribution >= 4 is 0 Å². The largest absolute Gasteiger partial charge is 0.381 e. The third-order valence-electron chi connectivity index (χ3n) is 3.97. The Morgan fingerprint density at radius 3 is 2.80 bits per heavy atom. The molecule has 2 atom stereocenters. The Balaban J connectivity index is 2.04. The van der Waals surface area contributed by atoms with Crippen molar-refractivity contribution in [2.24, 2.45) is 5.92 Å². The number of ether oxygens (including phenoxy) is 1. The average molecular weight is 281 g/mol. The van der Waals surface area contributed by atoms with Crippen molar-refractivity contribution in [2.75, 3.05) is 19.8 Å². The first-order valence-corrected chi connectivity index (χ1v) is 7.83. The second-order valence-corrected chi connectivity index (χ2v) is 5.61. The van der Waals surface area contributed by atoms with Crippen molar-refractivity contribution in [2.45, 2.75) is 52.2 Å². The molecule has 1 saturated heterocycles. The molecule has 5 heteroatoms. The molecular formula is C15H27N3O2. The maximum absolute atomic E-state index is 12.2. The Hall–Kier alpha value is -1.07. The number of rotatable bonds is 8. The summed E-state index contributed by atoms with van der Waals surface area (Å²) in [7, 11) is 0. The molecule has 1 N–H and O–H groups in total. The number of hydrogen-bond acceptors (Lipinski definition) is 3. The number of aryl methyl sites for hydroxylation is 1. The van der Waals surface area contributed by atoms with Gasteiger partial charge in [-0.1, -0.05) is 13.8 Å². The molecule has 1 fully saturated rings. The van der Waals surface area contributed by atoms with Gasteiger partial charge in [0.1, 0.15) is 0 Å². The predicted molar refractivity (Wildman–Crippen MR) is 80.0 cm³/mol. The van der Waals surface area contributed by atoms with Crippen LogP contribution in [0.4, 0.5) is 0 Å². The normalized spacial score (nSPS) is 20.4. The summed E-state index contributed by atoms with van der Waals surface area (Å²) in [6.45, 7) is 8.44. The van der Waals surface area contributed by atoms with E-state index in [2.05, 4.69) is 19.2 Å². The quantitative estimate of drug-likeness (QED) is 0.785. The summed E-state index contributed by atoms with van der Waals surface area (Å²) in [5.41, 5.74) is 0.106. The van der Waals surface area contributed by atoms with E-state index in [-0.39, 0.29) is 5.69 Å². The van der Waals surface area contributed by atoms with Crippen molar-refractivity contribution in [3.63, 3.8) is 0 Å². The Labute approximate surface area is 120 Å². The van der Waals surface area contributed by atoms with Crippen molar-refractivity contribution in [1.82, 2.24) is 14.5 Å². The zero-order valence-corrected chi connectivity index (χ0v) is 12.7. The molecule has 0 aliphatic carbocycles. The summed E-state index contributed by atoms with van der Waals surface area (Å²) in [4.78, 5) is 12.2. The van der Waals surface area contributed by atoms with Gasteiger partial charge in [-0.2, -0.15) is 0 Å². The van der Waals surface area contributed by atoms with Gasteiger partial charge >= 0.3 is 5.69 Å². The van der Waals surface area contributed by atoms with Gasteiger partial charge < -0.3 is 10.1 Å². The zero-order valence-electron chi connectivity index (χ0n) is 12.7. The fourth-order valence-electron chi connectivity index (χ4n) is 2.80. The van der Waals surface area contributed by atoms with Gasteiger partial charge in [-0.15, -0.1) is 0 Å². The summed E-state index contributed by atoms with van der Waals surface area (Å²) >= 11 is 0. The summed E-state index contributed by atoms with van der Waals surface area (Å²) < 4.78 is 9.13. The molecule has 2 rings (SSSR count). The molecule has 0 amide bonds. The van der Waals surface area contributed by atoms with Gasteiger partial charge in [-0.3, -0.25) is 9.13 Å². The minimum absolute atomic E-state index is 0.106. The van der Waals surface area contributed by atoms with Crippen LogP contribution in [0, 0.1) is 5.92 Å². The molecule has 0 aromatic carbocycles. The van der Waals surface area contributed by atoms with Crippen LogP contribution < -0.4 is 11.0 Å². The number of imidazole rings is 1. The highest BCUT2D eigenvalue weighted by Gasteiger charge is 2.26. The first kappa shape index (κ1) is 15.3. The standard InChI is InChI=1S/C15H27N3O2/c1-3-6-16-14(13-5-10-20-12-13)11-18-9-8-17(7-4-2)15(18)19/h8-9,13-14,16H,3-7,10-12H2,1-2H3. The Morgan fingerprint density at radius 2 is 2.15 bits per heavy atom. The molecule has 2 heterocycles. The van der Waals surface area contributed by atoms with E-state index in [1.807, 2.05) is 17.0 Å². The molecule has 2 unspecified atom stereocenters. The van der Waals surface area contributed by atoms with E-state index in [1.165, 1.54) is 0 Å². The van der Waals surface area contributed by atoms with Crippen molar-refractivity contribution in [3.8, 4) is 0 Å². The Bertz CT molecular complexity index is 446. The monoisotopic (exact) mass is 281 g/mol. The molecule has 5 nitrogen and oxygen atoms in total. The van der Waals surface area contributed by atoms with Crippen LogP contribution in [0.5, 0.6) is 0 Å². The fourth-order valence-corrected chi connectivity index (χ4v) is 2.80. The van der Waals surface area contributed by atoms with E-state index in [0.29, 0.717) is 12.0 Å². The van der Waals surface area contributed by atoms with Crippen molar-refractivity contribution in [3.05, 3.63) is 22.9 Å². The Kier molecular flexibility index (Phi) is 5.86. The van der Waals surface area contributed by atoms with Gasteiger partial charge in [0.05, 0.1) is 6.61 Å². The van der Waals surface area contributed by atoms with Crippen LogP contribution in [-0.4, -0.2) is 34.9 Å². The van der Waals surface area contributed by atoms with Gasteiger partial charge in [-0.25, -0.2) is 4.79 Å². The van der Waals surface area contributed by atoms with E-state index in [1.54, 1.807) is 4.57 Å². The molecule has 1 aliphatic heterocycles. The van der Waals surface area contributed by atoms with Gasteiger partial charge in [0.25, 0.3) is 0 Å². The third kappa shape index (κ3) is 3.73. The highest BCUT2D eigenvalue weighted by Crippen LogP contribution is 2.18. The maximum Gasteiger partial charge on any atom is 0.328 e. The predicted octanol–water partition coefficient (Wildman–Crippen LogP) is 1.46. The lowest BCUT2D eigenvalue weighted by molar-refractivity contribution is 0.173. The van der Waals surface area contributed by atoms with E-state index in [9.17, 15) is 4.79 Å². The summed E-state index contributed by atoms with van der Waals surface area (Å²) in [6, 6.07) is 0.327. The summed E-state index contributed by atoms with van der Waals surface area (Å²) in [5, 5.41) is 3.58. The topological polar surface area (TPSA) is 48.2 Å². The first-order valence-electron chi connectivity index (χ1n) is 7.83. The minimum atomic E-state index is 0.106. The van der Waals surface area contributed by atoms with Crippen LogP contribution in [0.2, 0.25) is 0 Å². The van der Waals surface area contributed by atoms with Crippen LogP contribution in [0.3, 0.4) is 0 Å². The highest BCUT2D eigenvalue weighted by molar-refractivity contribution is 4.86. The second-order valence-electron chi connectivity index (χ2n) is 5.61. The molecule has 0 radical (unpaired) electrons. The van der Waals surface area contributed by atoms with Gasteiger partial charge in [0, 0.05) is 44.0 Å². The van der Waals surface area contributed by atoms with E-state index < -0.39 is 0 Å². The van der Waals surface area contributed by atoms with E-state index >= 15 is 0 Å². The van der Waals surface area contributed by atoms with Crippen LogP contribution in [0.1, 0.15) is 33.1 Å². The number of nitrogens with zero attached hydrogens (tertiary/aromatic N) is 2. The molecule has 1 aromatic rings. The number of aromatic nitrogens is 2. The lowest BCUT2D eigenvalue weighted by Crippen LogP contribution is -2.42. The molecule has 0 saturated carbocycles. The second kappa shape index (κ2) is 7.64. The number of hydrogen-bond donors (Lipinski definition) is 1. The first-order chi connectivity index (χ1) is 9.76. The Morgan fingerprint density at radius 1 is 1.35 bits per heavy atom. The molecule has 20 heavy (non-hydrogen) atoms. The number of nitrogens with one attached hydrogen (secondary N) is 1. The van der Waals surface area contributed by atoms with Crippen LogP contribution in [0.15, 0.2) is 17.2 Å². The van der Waals surface area contributed by atoms with E-state index in [0.717, 1.165) is 52.1 Å². The maximum atomic E-state index is 12.2. The lowest BCUT2D eigenvalue weighted by Gasteiger charge is -2.23. The van der Waals surface area contributed by atoms with Crippen LogP contribution in [-0.2, 0) is 17.8 Å². The molecule has 1 aliphatic rings. The smallest absolute Gasteiger partial charge is 0.328 e. The molecular weight excluding hydrogens is 254 g/mol. The fraction of sp³-hybridized carbons (Fsp3) is 0.800. The van der Waals surface area contributed by atoms with Gasteiger partial charge in [-0.05, 0) is 25.8 Å². The minimum Gasteiger partial charge on any atom is -0.381 e. The lowest BCUT2D eigenvalue weighted by atomic mass is 9.99. The van der Waals surface area contributed by atoms with Crippen LogP contribution in [0.25, 0.3) is 0 Å². The molecule has 114 valence electrons. The van der Waals surface area contributed by atoms with Crippen molar-refractivity contribution in [1.29, 1.82) is 0 Å². The highest BCUT2D eigenvalue weighted by atomic mass is 16.5. The zero-order chi connectivity index (χ0) is 14.4. The van der Waals surface area contributed by atoms with Gasteiger partial charge in [0.15, 0.2) is 0 Å². The summed E-state index contributed by atoms with van der Waals surface area (Å²) in [5.74, 6) is 0.517. The molecule has 0 spiro atoms. The third-order valence-corrected chi connectivity index (χ3v) is 3.97. The van der Waals surface area contributed by atoms with Crippen LogP contribution >= 0.6 is 0 Å². The average Bonchev–Trinajstić information content (AvgIpc) is 3.08. The van der Waals surface area contributed by atoms with Crippen molar-refractivity contribution < 1.29 is 4.74 Å². The molecule has 1 aromatic heterocycles. The summed E-state index contributed by atoms with van der Waals surface area (Å²) in [6.07, 6.45) is 6.99. The van der Waals surface area contributed by atoms with Gasteiger partial charge in [0.2, 0.25) is 0 Å². The van der Waals surface area contributed by atoms with E-state index in [4.69, 9.17) is 4.74 Å². The SMILES string of the molecule is CCCNC(Cn1ccn(CCC)c1=O)C1CCOC1. The molecule has 0 bridgehead atoms.